The fraction of sp³-hybridized carbons (Fsp3) is 0.400. The zero-order valence-electron chi connectivity index (χ0n) is 13.4. The first kappa shape index (κ1) is 18.6. The Morgan fingerprint density at radius 1 is 1.24 bits per heavy atom. The summed E-state index contributed by atoms with van der Waals surface area (Å²) in [5.41, 5.74) is 0. The summed E-state index contributed by atoms with van der Waals surface area (Å²) in [6, 6.07) is 6.91. The van der Waals surface area contributed by atoms with E-state index < -0.39 is 10.0 Å². The highest BCUT2D eigenvalue weighted by molar-refractivity contribution is 9.11. The molecule has 0 bridgehead atoms. The summed E-state index contributed by atoms with van der Waals surface area (Å²) >= 11 is 4.50. The van der Waals surface area contributed by atoms with Gasteiger partial charge < -0.3 is 9.73 Å². The molecular weight excluding hydrogens is 430 g/mol. The molecule has 0 saturated carbocycles. The number of amides is 1. The van der Waals surface area contributed by atoms with Gasteiger partial charge >= 0.3 is 0 Å². The van der Waals surface area contributed by atoms with E-state index in [4.69, 9.17) is 4.42 Å². The first-order valence-corrected chi connectivity index (χ1v) is 10.8. The Hall–Kier alpha value is -1.20. The lowest BCUT2D eigenvalue weighted by Crippen LogP contribution is -2.50. The van der Waals surface area contributed by atoms with Crippen molar-refractivity contribution in [1.29, 1.82) is 0 Å². The molecule has 7 nitrogen and oxygen atoms in total. The molecule has 0 aliphatic carbocycles. The van der Waals surface area contributed by atoms with E-state index in [1.54, 1.807) is 30.5 Å². The van der Waals surface area contributed by atoms with Gasteiger partial charge in [-0.1, -0.05) is 0 Å². The van der Waals surface area contributed by atoms with Crippen LogP contribution >= 0.6 is 27.3 Å². The molecule has 3 heterocycles. The maximum atomic E-state index is 12.6. The van der Waals surface area contributed by atoms with Crippen molar-refractivity contribution in [2.75, 3.05) is 32.7 Å². The Morgan fingerprint density at radius 2 is 2.00 bits per heavy atom. The molecule has 1 amide bonds. The number of carbonyl (C=O) groups is 1. The van der Waals surface area contributed by atoms with Crippen molar-refractivity contribution in [3.63, 3.8) is 0 Å². The molecule has 10 heteroatoms. The molecule has 1 fully saturated rings. The van der Waals surface area contributed by atoms with E-state index in [1.165, 1.54) is 15.6 Å². The topological polar surface area (TPSA) is 82.9 Å². The highest BCUT2D eigenvalue weighted by Crippen LogP contribution is 2.28. The predicted octanol–water partition coefficient (Wildman–Crippen LogP) is 1.73. The van der Waals surface area contributed by atoms with Crippen LogP contribution in [0, 0.1) is 0 Å². The van der Waals surface area contributed by atoms with E-state index in [0.29, 0.717) is 42.7 Å². The van der Waals surface area contributed by atoms with Gasteiger partial charge in [-0.25, -0.2) is 8.42 Å². The van der Waals surface area contributed by atoms with Crippen molar-refractivity contribution in [2.24, 2.45) is 0 Å². The minimum atomic E-state index is -3.45. The van der Waals surface area contributed by atoms with Crippen molar-refractivity contribution in [2.45, 2.75) is 10.8 Å². The van der Waals surface area contributed by atoms with E-state index in [0.717, 1.165) is 3.79 Å². The van der Waals surface area contributed by atoms with Gasteiger partial charge in [0, 0.05) is 26.2 Å². The lowest BCUT2D eigenvalue weighted by Gasteiger charge is -2.33. The average molecular weight is 448 g/mol. The second-order valence-electron chi connectivity index (χ2n) is 5.59. The number of nitrogens with one attached hydrogen (secondary N) is 1. The molecule has 0 spiro atoms. The molecule has 0 atom stereocenters. The summed E-state index contributed by atoms with van der Waals surface area (Å²) in [6.07, 6.45) is 1.56. The molecule has 2 aromatic rings. The predicted molar refractivity (Wildman–Crippen MR) is 97.8 cm³/mol. The minimum Gasteiger partial charge on any atom is -0.467 e. The van der Waals surface area contributed by atoms with Crippen LogP contribution in [0.3, 0.4) is 0 Å². The van der Waals surface area contributed by atoms with Gasteiger partial charge in [0.2, 0.25) is 5.91 Å². The Labute approximate surface area is 158 Å². The lowest BCUT2D eigenvalue weighted by molar-refractivity contribution is -0.122. The Bertz CT molecular complexity index is 812. The van der Waals surface area contributed by atoms with Crippen LogP contribution in [0.1, 0.15) is 5.76 Å². The van der Waals surface area contributed by atoms with Gasteiger partial charge in [0.05, 0.1) is 23.1 Å². The zero-order valence-corrected chi connectivity index (χ0v) is 16.6. The average Bonchev–Trinajstić information content (AvgIpc) is 3.25. The summed E-state index contributed by atoms with van der Waals surface area (Å²) in [5, 5.41) is 2.79. The fourth-order valence-corrected chi connectivity index (χ4v) is 6.14. The smallest absolute Gasteiger partial charge is 0.252 e. The standard InChI is InChI=1S/C15H18BrN3O4S2/c16-13-3-4-15(24-13)25(21,22)19-7-5-18(6-8-19)11-14(20)17-10-12-2-1-9-23-12/h1-4,9H,5-8,10-11H2,(H,17,20). The van der Waals surface area contributed by atoms with Crippen LogP contribution in [0.5, 0.6) is 0 Å². The van der Waals surface area contributed by atoms with Crippen molar-refractivity contribution in [3.05, 3.63) is 40.1 Å². The van der Waals surface area contributed by atoms with E-state index in [2.05, 4.69) is 21.2 Å². The molecule has 136 valence electrons. The monoisotopic (exact) mass is 447 g/mol. The second kappa shape index (κ2) is 8.00. The van der Waals surface area contributed by atoms with Gasteiger partial charge in [0.15, 0.2) is 0 Å². The minimum absolute atomic E-state index is 0.102. The van der Waals surface area contributed by atoms with Gasteiger partial charge in [-0.3, -0.25) is 9.69 Å². The van der Waals surface area contributed by atoms with E-state index in [9.17, 15) is 13.2 Å². The third-order valence-electron chi connectivity index (χ3n) is 3.88. The van der Waals surface area contributed by atoms with Crippen molar-refractivity contribution in [1.82, 2.24) is 14.5 Å². The molecule has 3 rings (SSSR count). The third-order valence-corrected chi connectivity index (χ3v) is 7.87. The largest absolute Gasteiger partial charge is 0.467 e. The van der Waals surface area contributed by atoms with Gasteiger partial charge in [0.25, 0.3) is 10.0 Å². The van der Waals surface area contributed by atoms with Crippen LogP contribution in [0.15, 0.2) is 42.9 Å². The summed E-state index contributed by atoms with van der Waals surface area (Å²) in [4.78, 5) is 13.9. The van der Waals surface area contributed by atoms with E-state index in [1.807, 2.05) is 4.90 Å². The van der Waals surface area contributed by atoms with Crippen LogP contribution < -0.4 is 5.32 Å². The molecule has 0 aromatic carbocycles. The van der Waals surface area contributed by atoms with Gasteiger partial charge in [-0.05, 0) is 40.2 Å². The Kier molecular flexibility index (Phi) is 5.95. The first-order chi connectivity index (χ1) is 11.9. The summed E-state index contributed by atoms with van der Waals surface area (Å²) in [5.74, 6) is 0.598. The number of thiophene rings is 1. The summed E-state index contributed by atoms with van der Waals surface area (Å²) < 4.78 is 32.9. The number of nitrogens with zero attached hydrogens (tertiary/aromatic N) is 2. The Balaban J connectivity index is 1.47. The third kappa shape index (κ3) is 4.70. The first-order valence-electron chi connectivity index (χ1n) is 7.72. The number of piperazine rings is 1. The number of furan rings is 1. The fourth-order valence-electron chi connectivity index (χ4n) is 2.55. The second-order valence-corrected chi connectivity index (χ2v) is 10.2. The van der Waals surface area contributed by atoms with E-state index in [-0.39, 0.29) is 12.5 Å². The van der Waals surface area contributed by atoms with Crippen molar-refractivity contribution >= 4 is 43.2 Å². The van der Waals surface area contributed by atoms with Crippen LogP contribution in [-0.2, 0) is 21.4 Å². The van der Waals surface area contributed by atoms with Crippen molar-refractivity contribution < 1.29 is 17.6 Å². The van der Waals surface area contributed by atoms with Gasteiger partial charge in [-0.2, -0.15) is 4.31 Å². The highest BCUT2D eigenvalue weighted by Gasteiger charge is 2.30. The zero-order chi connectivity index (χ0) is 17.9. The number of sulfonamides is 1. The molecule has 1 aliphatic rings. The molecule has 1 saturated heterocycles. The van der Waals surface area contributed by atoms with Crippen LogP contribution in [0.25, 0.3) is 0 Å². The molecule has 0 unspecified atom stereocenters. The summed E-state index contributed by atoms with van der Waals surface area (Å²) in [6.45, 7) is 2.42. The Morgan fingerprint density at radius 3 is 2.60 bits per heavy atom. The molecule has 25 heavy (non-hydrogen) atoms. The highest BCUT2D eigenvalue weighted by atomic mass is 79.9. The molecule has 2 aromatic heterocycles. The number of carbonyl (C=O) groups excluding carboxylic acids is 1. The maximum Gasteiger partial charge on any atom is 0.252 e. The quantitative estimate of drug-likeness (QED) is 0.728. The normalized spacial score (nSPS) is 16.8. The lowest BCUT2D eigenvalue weighted by atomic mass is 10.3. The van der Waals surface area contributed by atoms with Crippen LogP contribution in [0.2, 0.25) is 0 Å². The van der Waals surface area contributed by atoms with E-state index >= 15 is 0 Å². The molecular formula is C15H18BrN3O4S2. The number of hydrogen-bond acceptors (Lipinski definition) is 6. The summed E-state index contributed by atoms with van der Waals surface area (Å²) in [7, 11) is -3.45. The molecule has 1 aliphatic heterocycles. The SMILES string of the molecule is O=C(CN1CCN(S(=O)(=O)c2ccc(Br)s2)CC1)NCc1ccco1. The number of rotatable bonds is 6. The maximum absolute atomic E-state index is 12.6. The van der Waals surface area contributed by atoms with Crippen molar-refractivity contribution in [3.8, 4) is 0 Å². The molecule has 0 radical (unpaired) electrons. The van der Waals surface area contributed by atoms with Gasteiger partial charge in [-0.15, -0.1) is 11.3 Å². The van der Waals surface area contributed by atoms with Crippen LogP contribution in [-0.4, -0.2) is 56.3 Å². The number of halogens is 1. The van der Waals surface area contributed by atoms with Gasteiger partial charge in [0.1, 0.15) is 9.97 Å². The number of hydrogen-bond donors (Lipinski definition) is 1. The van der Waals surface area contributed by atoms with Crippen LogP contribution in [0.4, 0.5) is 0 Å². The molecule has 1 N–H and O–H groups in total.